The number of methoxy groups -OCH3 is 1. The summed E-state index contributed by atoms with van der Waals surface area (Å²) in [5.74, 6) is 0.0396. The highest BCUT2D eigenvalue weighted by atomic mass is 16.5. The molecule has 6 heteroatoms. The summed E-state index contributed by atoms with van der Waals surface area (Å²) >= 11 is 0. The van der Waals surface area contributed by atoms with E-state index in [1.165, 1.54) is 0 Å². The molecule has 1 aliphatic heterocycles. The van der Waals surface area contributed by atoms with Crippen molar-refractivity contribution in [3.63, 3.8) is 0 Å². The van der Waals surface area contributed by atoms with Crippen molar-refractivity contribution in [2.75, 3.05) is 23.9 Å². The fraction of sp³-hybridized carbons (Fsp3) is 0.318. The zero-order valence-electron chi connectivity index (χ0n) is 16.1. The summed E-state index contributed by atoms with van der Waals surface area (Å²) in [6.07, 6.45) is 2.58. The molecule has 0 bridgehead atoms. The van der Waals surface area contributed by atoms with Gasteiger partial charge in [-0.1, -0.05) is 18.2 Å². The van der Waals surface area contributed by atoms with E-state index in [2.05, 4.69) is 5.32 Å². The molecule has 0 spiro atoms. The third-order valence-electron chi connectivity index (χ3n) is 5.26. The second-order valence-corrected chi connectivity index (χ2v) is 7.21. The number of aryl methyl sites for hydroxylation is 1. The first-order valence-corrected chi connectivity index (χ1v) is 9.49. The third kappa shape index (κ3) is 3.38. The number of amides is 2. The van der Waals surface area contributed by atoms with Gasteiger partial charge in [0.15, 0.2) is 0 Å². The lowest BCUT2D eigenvalue weighted by atomic mass is 10.1. The van der Waals surface area contributed by atoms with Gasteiger partial charge in [-0.3, -0.25) is 14.6 Å². The van der Waals surface area contributed by atoms with Crippen molar-refractivity contribution in [1.29, 1.82) is 0 Å². The van der Waals surface area contributed by atoms with Crippen LogP contribution in [0.2, 0.25) is 0 Å². The second-order valence-electron chi connectivity index (χ2n) is 7.21. The summed E-state index contributed by atoms with van der Waals surface area (Å²) in [6.45, 7) is 1.88. The van der Waals surface area contributed by atoms with Crippen LogP contribution in [0, 0.1) is 12.8 Å². The average molecular weight is 377 g/mol. The van der Waals surface area contributed by atoms with E-state index in [-0.39, 0.29) is 24.3 Å². The minimum absolute atomic E-state index is 0.0486. The van der Waals surface area contributed by atoms with Gasteiger partial charge in [-0.2, -0.15) is 0 Å². The van der Waals surface area contributed by atoms with E-state index in [4.69, 9.17) is 9.73 Å². The number of carbonyl (C=O) groups is 2. The second kappa shape index (κ2) is 7.46. The van der Waals surface area contributed by atoms with Crippen LogP contribution in [0.4, 0.5) is 17.1 Å². The molecule has 2 aliphatic rings. The van der Waals surface area contributed by atoms with Gasteiger partial charge in [0.2, 0.25) is 11.8 Å². The Morgan fingerprint density at radius 3 is 2.93 bits per heavy atom. The van der Waals surface area contributed by atoms with Crippen molar-refractivity contribution in [3.05, 3.63) is 48.0 Å². The normalized spacial score (nSPS) is 18.1. The maximum atomic E-state index is 13.2. The van der Waals surface area contributed by atoms with Crippen LogP contribution in [0.3, 0.4) is 0 Å². The first-order valence-electron chi connectivity index (χ1n) is 9.49. The van der Waals surface area contributed by atoms with Crippen molar-refractivity contribution < 1.29 is 14.3 Å². The highest BCUT2D eigenvalue weighted by Crippen LogP contribution is 2.37. The molecular weight excluding hydrogens is 354 g/mol. The number of hydrogen-bond acceptors (Lipinski definition) is 4. The Kier molecular flexibility index (Phi) is 4.86. The summed E-state index contributed by atoms with van der Waals surface area (Å²) in [4.78, 5) is 32.3. The van der Waals surface area contributed by atoms with Crippen LogP contribution in [-0.4, -0.2) is 31.2 Å². The first-order chi connectivity index (χ1) is 13.6. The Balaban J connectivity index is 1.61. The van der Waals surface area contributed by atoms with Gasteiger partial charge in [-0.15, -0.1) is 0 Å². The van der Waals surface area contributed by atoms with Crippen LogP contribution in [0.1, 0.15) is 24.8 Å². The molecule has 0 saturated heterocycles. The summed E-state index contributed by atoms with van der Waals surface area (Å²) < 4.78 is 5.33. The molecule has 1 N–H and O–H groups in total. The molecule has 4 rings (SSSR count). The molecular formula is C22H23N3O3. The number of ether oxygens (including phenoxy) is 1. The molecule has 144 valence electrons. The van der Waals surface area contributed by atoms with Crippen LogP contribution >= 0.6 is 0 Å². The number of nitrogens with zero attached hydrogens (tertiary/aromatic N) is 2. The lowest BCUT2D eigenvalue weighted by molar-refractivity contribution is -0.123. The smallest absolute Gasteiger partial charge is 0.244 e. The monoisotopic (exact) mass is 377 g/mol. The fourth-order valence-corrected chi connectivity index (χ4v) is 3.89. The summed E-state index contributed by atoms with van der Waals surface area (Å²) in [5, 5.41) is 2.89. The highest BCUT2D eigenvalue weighted by molar-refractivity contribution is 6.16. The Morgan fingerprint density at radius 2 is 2.11 bits per heavy atom. The minimum atomic E-state index is -0.270. The first kappa shape index (κ1) is 18.2. The average Bonchev–Trinajstić information content (AvgIpc) is 3.11. The molecule has 0 aromatic heterocycles. The number of aliphatic imine (C=N–C) groups is 1. The Bertz CT molecular complexity index is 967. The van der Waals surface area contributed by atoms with Crippen LogP contribution < -0.4 is 15.0 Å². The standard InChI is InChI=1S/C22H23N3O3/c1-14-10-11-20(28-2)18(12-14)24-21(26)13-25-19-9-4-3-7-17(19)23-16-8-5-6-15(16)22(25)27/h3-4,7,9-12,15H,5-6,8,13H2,1-2H3,(H,24,26)/t15-/m0/s1. The van der Waals surface area contributed by atoms with E-state index >= 15 is 0 Å². The molecule has 1 aliphatic carbocycles. The number of para-hydroxylation sites is 2. The number of carbonyl (C=O) groups excluding carboxylic acids is 2. The topological polar surface area (TPSA) is 71.0 Å². The quantitative estimate of drug-likeness (QED) is 0.879. The van der Waals surface area contributed by atoms with E-state index in [0.29, 0.717) is 17.1 Å². The predicted octanol–water partition coefficient (Wildman–Crippen LogP) is 3.86. The molecule has 2 amide bonds. The maximum Gasteiger partial charge on any atom is 0.244 e. The molecule has 2 aromatic carbocycles. The lowest BCUT2D eigenvalue weighted by Crippen LogP contribution is -2.41. The van der Waals surface area contributed by atoms with Crippen molar-refractivity contribution in [3.8, 4) is 5.75 Å². The summed E-state index contributed by atoms with van der Waals surface area (Å²) in [6, 6.07) is 13.1. The van der Waals surface area contributed by atoms with Gasteiger partial charge in [0.1, 0.15) is 12.3 Å². The number of hydrogen-bond donors (Lipinski definition) is 1. The lowest BCUT2D eigenvalue weighted by Gasteiger charge is -2.24. The summed E-state index contributed by atoms with van der Waals surface area (Å²) in [5.41, 5.74) is 3.97. The summed E-state index contributed by atoms with van der Waals surface area (Å²) in [7, 11) is 1.56. The van der Waals surface area contributed by atoms with Crippen LogP contribution in [0.15, 0.2) is 47.5 Å². The predicted molar refractivity (Wildman–Crippen MR) is 110 cm³/mol. The zero-order chi connectivity index (χ0) is 19.7. The van der Waals surface area contributed by atoms with E-state index in [0.717, 1.165) is 36.2 Å². The third-order valence-corrected chi connectivity index (χ3v) is 5.26. The largest absolute Gasteiger partial charge is 0.495 e. The van der Waals surface area contributed by atoms with Crippen molar-refractivity contribution in [2.45, 2.75) is 26.2 Å². The number of benzene rings is 2. The van der Waals surface area contributed by atoms with Gasteiger partial charge in [-0.25, -0.2) is 0 Å². The fourth-order valence-electron chi connectivity index (χ4n) is 3.89. The van der Waals surface area contributed by atoms with E-state index in [1.54, 1.807) is 12.0 Å². The van der Waals surface area contributed by atoms with Crippen LogP contribution in [0.5, 0.6) is 5.75 Å². The Morgan fingerprint density at radius 1 is 1.29 bits per heavy atom. The van der Waals surface area contributed by atoms with Gasteiger partial charge in [0.25, 0.3) is 0 Å². The van der Waals surface area contributed by atoms with Gasteiger partial charge in [0, 0.05) is 5.71 Å². The van der Waals surface area contributed by atoms with Crippen LogP contribution in [0.25, 0.3) is 0 Å². The van der Waals surface area contributed by atoms with Gasteiger partial charge < -0.3 is 15.0 Å². The molecule has 1 saturated carbocycles. The maximum absolute atomic E-state index is 13.2. The van der Waals surface area contributed by atoms with Gasteiger partial charge in [-0.05, 0) is 56.0 Å². The number of fused-ring (bicyclic) bond motifs is 2. The SMILES string of the molecule is COc1ccc(C)cc1NC(=O)CN1C(=O)[C@H]2CCCC2=Nc2ccccc21. The molecule has 28 heavy (non-hydrogen) atoms. The van der Waals surface area contributed by atoms with E-state index < -0.39 is 0 Å². The van der Waals surface area contributed by atoms with Crippen molar-refractivity contribution in [2.24, 2.45) is 10.9 Å². The molecule has 2 aromatic rings. The minimum Gasteiger partial charge on any atom is -0.495 e. The van der Waals surface area contributed by atoms with Gasteiger partial charge in [0.05, 0.1) is 30.1 Å². The number of nitrogens with one attached hydrogen (secondary N) is 1. The van der Waals surface area contributed by atoms with E-state index in [9.17, 15) is 9.59 Å². The van der Waals surface area contributed by atoms with Crippen LogP contribution in [-0.2, 0) is 9.59 Å². The van der Waals surface area contributed by atoms with Crippen molar-refractivity contribution in [1.82, 2.24) is 0 Å². The Labute approximate surface area is 164 Å². The molecule has 1 fully saturated rings. The molecule has 1 atom stereocenters. The van der Waals surface area contributed by atoms with Crippen molar-refractivity contribution >= 4 is 34.6 Å². The number of rotatable bonds is 4. The zero-order valence-corrected chi connectivity index (χ0v) is 16.1. The molecule has 0 radical (unpaired) electrons. The molecule has 6 nitrogen and oxygen atoms in total. The molecule has 1 heterocycles. The molecule has 0 unspecified atom stereocenters. The Hall–Kier alpha value is -3.15. The number of anilines is 2. The highest BCUT2D eigenvalue weighted by Gasteiger charge is 2.37. The van der Waals surface area contributed by atoms with E-state index in [1.807, 2.05) is 49.4 Å². The van der Waals surface area contributed by atoms with Gasteiger partial charge >= 0.3 is 0 Å².